The van der Waals surface area contributed by atoms with Crippen LogP contribution >= 0.6 is 0 Å². The minimum absolute atomic E-state index is 0.0913. The molecule has 26 heavy (non-hydrogen) atoms. The minimum atomic E-state index is 0.0913. The molecule has 0 radical (unpaired) electrons. The van der Waals surface area contributed by atoms with Gasteiger partial charge in [0.2, 0.25) is 0 Å². The van der Waals surface area contributed by atoms with Crippen LogP contribution in [0.5, 0.6) is 0 Å². The topological polar surface area (TPSA) is 18.5 Å². The molecule has 0 aromatic rings. The Morgan fingerprint density at radius 2 is 1.58 bits per heavy atom. The summed E-state index contributed by atoms with van der Waals surface area (Å²) in [5, 5.41) is 0. The summed E-state index contributed by atoms with van der Waals surface area (Å²) in [6.07, 6.45) is 18.8. The highest BCUT2D eigenvalue weighted by molar-refractivity contribution is 5.09. The van der Waals surface area contributed by atoms with Gasteiger partial charge in [-0.05, 0) is 105 Å². The van der Waals surface area contributed by atoms with Crippen LogP contribution in [0.3, 0.4) is 0 Å². The molecule has 1 heterocycles. The maximum atomic E-state index is 6.61. The number of hydrogen-bond donors (Lipinski definition) is 0. The molecule has 2 nitrogen and oxygen atoms in total. The summed E-state index contributed by atoms with van der Waals surface area (Å²) in [6, 6.07) is 0. The Morgan fingerprint density at radius 1 is 0.731 bits per heavy atom. The van der Waals surface area contributed by atoms with E-state index in [2.05, 4.69) is 13.8 Å². The van der Waals surface area contributed by atoms with E-state index in [0.717, 1.165) is 36.7 Å². The first-order valence-electron chi connectivity index (χ1n) is 11.9. The minimum Gasteiger partial charge on any atom is -0.353 e. The Morgan fingerprint density at radius 3 is 2.42 bits per heavy atom. The second-order valence-electron chi connectivity index (χ2n) is 10.9. The third-order valence-electron chi connectivity index (χ3n) is 9.95. The number of fused-ring (bicyclic) bond motifs is 5. The van der Waals surface area contributed by atoms with Crippen molar-refractivity contribution in [3.05, 3.63) is 0 Å². The Hall–Kier alpha value is -0.0800. The van der Waals surface area contributed by atoms with Gasteiger partial charge in [0.15, 0.2) is 6.29 Å². The summed E-state index contributed by atoms with van der Waals surface area (Å²) in [4.78, 5) is 0. The average Bonchev–Trinajstić information content (AvgIpc) is 2.98. The molecular formula is C24H40O2. The quantitative estimate of drug-likeness (QED) is 0.573. The monoisotopic (exact) mass is 360 g/mol. The van der Waals surface area contributed by atoms with Crippen molar-refractivity contribution < 1.29 is 9.47 Å². The van der Waals surface area contributed by atoms with Crippen LogP contribution in [0.2, 0.25) is 0 Å². The summed E-state index contributed by atoms with van der Waals surface area (Å²) in [5.41, 5.74) is 1.08. The van der Waals surface area contributed by atoms with Gasteiger partial charge in [0, 0.05) is 6.61 Å². The molecule has 5 rings (SSSR count). The fourth-order valence-electron chi connectivity index (χ4n) is 8.47. The van der Waals surface area contributed by atoms with E-state index in [1.54, 1.807) is 0 Å². The lowest BCUT2D eigenvalue weighted by molar-refractivity contribution is -0.218. The highest BCUT2D eigenvalue weighted by atomic mass is 16.7. The lowest BCUT2D eigenvalue weighted by atomic mass is 9.45. The molecule has 8 atom stereocenters. The number of rotatable bonds is 2. The largest absolute Gasteiger partial charge is 0.353 e. The van der Waals surface area contributed by atoms with Gasteiger partial charge in [-0.25, -0.2) is 0 Å². The molecule has 2 heteroatoms. The zero-order valence-electron chi connectivity index (χ0n) is 17.2. The lowest BCUT2D eigenvalue weighted by Gasteiger charge is -2.60. The van der Waals surface area contributed by atoms with Crippen LogP contribution in [-0.2, 0) is 9.47 Å². The van der Waals surface area contributed by atoms with Crippen molar-refractivity contribution in [3.63, 3.8) is 0 Å². The molecule has 0 bridgehead atoms. The van der Waals surface area contributed by atoms with Crippen LogP contribution in [0.25, 0.3) is 0 Å². The molecule has 0 aromatic heterocycles. The molecule has 4 saturated carbocycles. The number of ether oxygens (including phenoxy) is 2. The van der Waals surface area contributed by atoms with Crippen molar-refractivity contribution in [1.29, 1.82) is 0 Å². The Bertz CT molecular complexity index is 512. The third kappa shape index (κ3) is 2.72. The van der Waals surface area contributed by atoms with Gasteiger partial charge < -0.3 is 9.47 Å². The van der Waals surface area contributed by atoms with Crippen LogP contribution in [0.15, 0.2) is 0 Å². The first kappa shape index (κ1) is 18.0. The maximum absolute atomic E-state index is 6.61. The standard InChI is InChI=1S/C24H40O2/c1-23-14-5-3-7-17(23)9-10-18-19-11-12-21(24(19,2)15-13-20(18)23)26-22-8-4-6-16-25-22/h17-22H,3-16H2,1-2H3/t17?,18-,19-,20-,21?,22?,23-,24-/m0/s1. The maximum Gasteiger partial charge on any atom is 0.157 e. The molecule has 5 fully saturated rings. The van der Waals surface area contributed by atoms with Gasteiger partial charge in [-0.3, -0.25) is 0 Å². The highest BCUT2D eigenvalue weighted by Gasteiger charge is 2.60. The van der Waals surface area contributed by atoms with Gasteiger partial charge in [0.05, 0.1) is 6.10 Å². The van der Waals surface area contributed by atoms with Crippen LogP contribution in [0, 0.1) is 34.5 Å². The van der Waals surface area contributed by atoms with Crippen molar-refractivity contribution in [1.82, 2.24) is 0 Å². The Balaban J connectivity index is 1.33. The first-order valence-corrected chi connectivity index (χ1v) is 11.9. The van der Waals surface area contributed by atoms with E-state index in [0.29, 0.717) is 16.9 Å². The molecule has 3 unspecified atom stereocenters. The molecule has 0 aromatic carbocycles. The fourth-order valence-corrected chi connectivity index (χ4v) is 8.47. The van der Waals surface area contributed by atoms with E-state index in [-0.39, 0.29) is 6.29 Å². The van der Waals surface area contributed by atoms with Gasteiger partial charge in [0.1, 0.15) is 0 Å². The highest BCUT2D eigenvalue weighted by Crippen LogP contribution is 2.66. The first-order chi connectivity index (χ1) is 12.6. The van der Waals surface area contributed by atoms with E-state index >= 15 is 0 Å². The Kier molecular flexibility index (Phi) is 4.68. The van der Waals surface area contributed by atoms with E-state index in [4.69, 9.17) is 9.47 Å². The van der Waals surface area contributed by atoms with Gasteiger partial charge in [0.25, 0.3) is 0 Å². The predicted molar refractivity (Wildman–Crippen MR) is 105 cm³/mol. The molecule has 1 aliphatic heterocycles. The van der Waals surface area contributed by atoms with Crippen LogP contribution < -0.4 is 0 Å². The molecule has 1 saturated heterocycles. The van der Waals surface area contributed by atoms with E-state index in [1.807, 2.05) is 0 Å². The van der Waals surface area contributed by atoms with Crippen molar-refractivity contribution in [3.8, 4) is 0 Å². The van der Waals surface area contributed by atoms with Crippen molar-refractivity contribution in [2.24, 2.45) is 34.5 Å². The number of hydrogen-bond acceptors (Lipinski definition) is 2. The Labute approximate surface area is 160 Å². The summed E-state index contributed by atoms with van der Waals surface area (Å²) >= 11 is 0. The van der Waals surface area contributed by atoms with Crippen molar-refractivity contribution in [2.75, 3.05) is 6.61 Å². The normalized spacial score (nSPS) is 54.2. The second kappa shape index (κ2) is 6.76. The molecular weight excluding hydrogens is 320 g/mol. The van der Waals surface area contributed by atoms with Gasteiger partial charge in [-0.2, -0.15) is 0 Å². The van der Waals surface area contributed by atoms with E-state index in [9.17, 15) is 0 Å². The molecule has 0 spiro atoms. The van der Waals surface area contributed by atoms with Crippen LogP contribution in [0.1, 0.15) is 97.3 Å². The summed E-state index contributed by atoms with van der Waals surface area (Å²) < 4.78 is 12.5. The lowest BCUT2D eigenvalue weighted by Crippen LogP contribution is -2.53. The van der Waals surface area contributed by atoms with Crippen LogP contribution in [-0.4, -0.2) is 19.0 Å². The third-order valence-corrected chi connectivity index (χ3v) is 9.95. The fraction of sp³-hybridized carbons (Fsp3) is 1.00. The van der Waals surface area contributed by atoms with E-state index in [1.165, 1.54) is 77.0 Å². The van der Waals surface area contributed by atoms with Crippen LogP contribution in [0.4, 0.5) is 0 Å². The summed E-state index contributed by atoms with van der Waals surface area (Å²) in [5.74, 6) is 3.93. The molecule has 5 aliphatic rings. The van der Waals surface area contributed by atoms with Crippen molar-refractivity contribution in [2.45, 2.75) is 110 Å². The molecule has 4 aliphatic carbocycles. The zero-order chi connectivity index (χ0) is 17.8. The van der Waals surface area contributed by atoms with E-state index < -0.39 is 0 Å². The zero-order valence-corrected chi connectivity index (χ0v) is 17.2. The molecule has 0 N–H and O–H groups in total. The van der Waals surface area contributed by atoms with Gasteiger partial charge in [-0.1, -0.05) is 26.7 Å². The summed E-state index contributed by atoms with van der Waals surface area (Å²) in [7, 11) is 0. The predicted octanol–water partition coefficient (Wildman–Crippen LogP) is 6.33. The van der Waals surface area contributed by atoms with Crippen molar-refractivity contribution >= 4 is 0 Å². The SMILES string of the molecule is C[C@]12CCCCC1CC[C@@H]1[C@@H]2CC[C@]2(C)C(OC3CCCCO3)CC[C@@H]12. The molecule has 148 valence electrons. The van der Waals surface area contributed by atoms with Gasteiger partial charge in [-0.15, -0.1) is 0 Å². The second-order valence-corrected chi connectivity index (χ2v) is 10.9. The molecule has 0 amide bonds. The smallest absolute Gasteiger partial charge is 0.157 e. The summed E-state index contributed by atoms with van der Waals surface area (Å²) in [6.45, 7) is 6.18. The average molecular weight is 361 g/mol. The van der Waals surface area contributed by atoms with Gasteiger partial charge >= 0.3 is 0 Å².